The van der Waals surface area contributed by atoms with E-state index in [4.69, 9.17) is 19.9 Å². The topological polar surface area (TPSA) is 88.6 Å². The van der Waals surface area contributed by atoms with Crippen LogP contribution in [0.25, 0.3) is 11.0 Å². The Balaban J connectivity index is 0.000000499. The van der Waals surface area contributed by atoms with E-state index in [9.17, 15) is 4.79 Å². The Kier molecular flexibility index (Phi) is 19.3. The Morgan fingerprint density at radius 1 is 1.21 bits per heavy atom. The van der Waals surface area contributed by atoms with E-state index in [1.807, 2.05) is 38.4 Å². The van der Waals surface area contributed by atoms with Crippen LogP contribution >= 0.6 is 0 Å². The molecular formula is C31H51N3O4. The third kappa shape index (κ3) is 14.6. The van der Waals surface area contributed by atoms with Crippen LogP contribution in [0.4, 0.5) is 0 Å². The number of aromatic nitrogens is 2. The molecule has 1 heterocycles. The van der Waals surface area contributed by atoms with Crippen LogP contribution in [0, 0.1) is 11.8 Å². The molecule has 1 amide bonds. The van der Waals surface area contributed by atoms with Crippen molar-refractivity contribution in [3.05, 3.63) is 66.9 Å². The zero-order valence-electron chi connectivity index (χ0n) is 24.8. The van der Waals surface area contributed by atoms with E-state index in [-0.39, 0.29) is 0 Å². The highest BCUT2D eigenvalue weighted by atomic mass is 16.5. The van der Waals surface area contributed by atoms with Crippen molar-refractivity contribution < 1.29 is 19.0 Å². The van der Waals surface area contributed by atoms with Crippen molar-refractivity contribution in [3.63, 3.8) is 0 Å². The number of allylic oxidation sites excluding steroid dienone is 2. The van der Waals surface area contributed by atoms with E-state index < -0.39 is 5.91 Å². The Morgan fingerprint density at radius 2 is 1.87 bits per heavy atom. The number of ether oxygens (including phenoxy) is 3. The second kappa shape index (κ2) is 20.9. The van der Waals surface area contributed by atoms with E-state index in [0.29, 0.717) is 17.9 Å². The van der Waals surface area contributed by atoms with E-state index in [1.165, 1.54) is 37.6 Å². The third-order valence-electron chi connectivity index (χ3n) is 6.25. The number of nitrogens with zero attached hydrogens (tertiary/aromatic N) is 2. The van der Waals surface area contributed by atoms with Crippen LogP contribution in [-0.2, 0) is 25.5 Å². The van der Waals surface area contributed by atoms with Crippen LogP contribution in [0.1, 0.15) is 66.7 Å². The fraction of sp³-hybridized carbons (Fsp3) is 0.548. The van der Waals surface area contributed by atoms with E-state index >= 15 is 0 Å². The molecule has 1 aromatic heterocycles. The zero-order chi connectivity index (χ0) is 28.9. The molecule has 38 heavy (non-hydrogen) atoms. The molecule has 0 bridgehead atoms. The highest BCUT2D eigenvalue weighted by molar-refractivity contribution is 5.90. The Hall–Kier alpha value is -3.06. The largest absolute Gasteiger partial charge is 0.498 e. The number of carbonyl (C=O) groups is 1. The molecule has 3 rings (SSSR count). The van der Waals surface area contributed by atoms with Crippen molar-refractivity contribution in [1.82, 2.24) is 9.55 Å². The molecule has 1 aliphatic carbocycles. The first-order valence-corrected chi connectivity index (χ1v) is 13.5. The van der Waals surface area contributed by atoms with Crippen molar-refractivity contribution >= 4 is 16.9 Å². The van der Waals surface area contributed by atoms with Gasteiger partial charge in [-0.25, -0.2) is 4.98 Å². The number of hydrogen-bond donors (Lipinski definition) is 1. The number of carbonyl (C=O) groups excluding carboxylic acids is 1. The maximum Gasteiger partial charge on any atom is 0.243 e. The predicted octanol–water partition coefficient (Wildman–Crippen LogP) is 7.04. The van der Waals surface area contributed by atoms with Crippen LogP contribution < -0.4 is 5.73 Å². The average Bonchev–Trinajstić information content (AvgIpc) is 3.34. The van der Waals surface area contributed by atoms with Gasteiger partial charge in [-0.3, -0.25) is 4.79 Å². The van der Waals surface area contributed by atoms with Gasteiger partial charge in [-0.15, -0.1) is 0 Å². The lowest BCUT2D eigenvalue weighted by Crippen LogP contribution is -2.11. The summed E-state index contributed by atoms with van der Waals surface area (Å²) < 4.78 is 17.2. The molecule has 1 aliphatic rings. The smallest absolute Gasteiger partial charge is 0.243 e. The summed E-state index contributed by atoms with van der Waals surface area (Å²) in [5.74, 6) is 3.12. The first kappa shape index (κ1) is 34.9. The zero-order valence-corrected chi connectivity index (χ0v) is 24.8. The molecule has 1 fully saturated rings. The number of fused-ring (bicyclic) bond motifs is 1. The summed E-state index contributed by atoms with van der Waals surface area (Å²) in [5, 5.41) is 0. The summed E-state index contributed by atoms with van der Waals surface area (Å²) >= 11 is 0. The molecule has 2 aromatic rings. The quantitative estimate of drug-likeness (QED) is 0.214. The van der Waals surface area contributed by atoms with Crippen molar-refractivity contribution in [3.8, 4) is 0 Å². The molecule has 7 nitrogen and oxygen atoms in total. The predicted molar refractivity (Wildman–Crippen MR) is 159 cm³/mol. The van der Waals surface area contributed by atoms with E-state index in [0.717, 1.165) is 36.3 Å². The normalized spacial score (nSPS) is 16.7. The number of primary amides is 1. The fourth-order valence-electron chi connectivity index (χ4n) is 3.87. The second-order valence-corrected chi connectivity index (χ2v) is 9.37. The Bertz CT molecular complexity index is 968. The Morgan fingerprint density at radius 3 is 2.34 bits per heavy atom. The number of imidazole rings is 1. The molecule has 0 aliphatic heterocycles. The molecule has 214 valence electrons. The lowest BCUT2D eigenvalue weighted by Gasteiger charge is -2.25. The second-order valence-electron chi connectivity index (χ2n) is 9.37. The van der Waals surface area contributed by atoms with Gasteiger partial charge in [0, 0.05) is 19.2 Å². The number of amides is 1. The van der Waals surface area contributed by atoms with Gasteiger partial charge in [0.1, 0.15) is 5.76 Å². The summed E-state index contributed by atoms with van der Waals surface area (Å²) in [4.78, 5) is 14.1. The SMILES string of the molecule is C=C(C)C(N)=O.C=C/C(OCC)=C(\C)OC.CCC1CCCC(C)C1.COCCn1cnc2ccccc21. The molecular weight excluding hydrogens is 478 g/mol. The Labute approximate surface area is 230 Å². The van der Waals surface area contributed by atoms with E-state index in [2.05, 4.69) is 42.6 Å². The minimum atomic E-state index is -0.435. The number of benzene rings is 1. The number of methoxy groups -OCH3 is 2. The fourth-order valence-corrected chi connectivity index (χ4v) is 3.87. The van der Waals surface area contributed by atoms with Gasteiger partial charge in [-0.2, -0.15) is 0 Å². The number of nitrogens with two attached hydrogens (primary N) is 1. The van der Waals surface area contributed by atoms with Gasteiger partial charge in [0.25, 0.3) is 0 Å². The molecule has 2 unspecified atom stereocenters. The standard InChI is InChI=1S/C10H12N2O.C9H18.C8H14O2.C4H7NO/c1-13-7-6-12-8-11-9-4-2-3-5-10(9)12;1-3-9-6-4-5-8(2)7-9;1-5-8(10-6-2)7(3)9-4;1-3(2)4(5)6/h2-5,8H,6-7H2,1H3;8-9H,3-7H2,1-2H3;5H,1,6H2,2-4H3;1H2,2H3,(H2,5,6)/b;;8-7-;. The average molecular weight is 530 g/mol. The number of para-hydroxylation sites is 2. The third-order valence-corrected chi connectivity index (χ3v) is 6.25. The van der Waals surface area contributed by atoms with E-state index in [1.54, 1.807) is 27.2 Å². The van der Waals surface area contributed by atoms with Gasteiger partial charge in [0.2, 0.25) is 5.91 Å². The molecule has 2 atom stereocenters. The minimum absolute atomic E-state index is 0.398. The van der Waals surface area contributed by atoms with Crippen molar-refractivity contribution in [2.75, 3.05) is 27.4 Å². The van der Waals surface area contributed by atoms with Crippen molar-refractivity contribution in [2.24, 2.45) is 17.6 Å². The summed E-state index contributed by atoms with van der Waals surface area (Å²) in [6, 6.07) is 8.10. The van der Waals surface area contributed by atoms with Gasteiger partial charge >= 0.3 is 0 Å². The number of rotatable bonds is 9. The molecule has 0 saturated heterocycles. The highest BCUT2D eigenvalue weighted by Gasteiger charge is 2.16. The molecule has 1 saturated carbocycles. The minimum Gasteiger partial charge on any atom is -0.498 e. The van der Waals surface area contributed by atoms with Crippen LogP contribution in [0.3, 0.4) is 0 Å². The summed E-state index contributed by atoms with van der Waals surface area (Å²) in [6.07, 6.45) is 10.9. The van der Waals surface area contributed by atoms with Gasteiger partial charge in [0.15, 0.2) is 5.76 Å². The molecule has 2 N–H and O–H groups in total. The highest BCUT2D eigenvalue weighted by Crippen LogP contribution is 2.30. The lowest BCUT2D eigenvalue weighted by atomic mass is 9.81. The monoisotopic (exact) mass is 529 g/mol. The van der Waals surface area contributed by atoms with Gasteiger partial charge in [0.05, 0.1) is 37.7 Å². The lowest BCUT2D eigenvalue weighted by molar-refractivity contribution is -0.114. The summed E-state index contributed by atoms with van der Waals surface area (Å²) in [7, 11) is 3.32. The van der Waals surface area contributed by atoms with Crippen LogP contribution in [-0.4, -0.2) is 42.9 Å². The van der Waals surface area contributed by atoms with Gasteiger partial charge in [-0.1, -0.05) is 64.8 Å². The van der Waals surface area contributed by atoms with Crippen LogP contribution in [0.15, 0.2) is 66.9 Å². The first-order valence-electron chi connectivity index (χ1n) is 13.5. The van der Waals surface area contributed by atoms with Gasteiger partial charge in [-0.05, 0) is 57.2 Å². The van der Waals surface area contributed by atoms with Crippen molar-refractivity contribution in [2.45, 2.75) is 73.3 Å². The maximum absolute atomic E-state index is 9.82. The molecule has 0 radical (unpaired) electrons. The summed E-state index contributed by atoms with van der Waals surface area (Å²) in [5.41, 5.74) is 7.30. The number of hydrogen-bond acceptors (Lipinski definition) is 5. The van der Waals surface area contributed by atoms with Crippen molar-refractivity contribution in [1.29, 1.82) is 0 Å². The first-order chi connectivity index (χ1) is 18.1. The molecule has 0 spiro atoms. The summed E-state index contributed by atoms with van der Waals surface area (Å²) in [6.45, 7) is 19.1. The van der Waals surface area contributed by atoms with Crippen LogP contribution in [0.2, 0.25) is 0 Å². The van der Waals surface area contributed by atoms with Gasteiger partial charge < -0.3 is 24.5 Å². The maximum atomic E-state index is 9.82. The molecule has 1 aromatic carbocycles. The van der Waals surface area contributed by atoms with Crippen LogP contribution in [0.5, 0.6) is 0 Å². The molecule has 7 heteroatoms.